The first-order valence-electron chi connectivity index (χ1n) is 11.0. The van der Waals surface area contributed by atoms with E-state index in [1.165, 1.54) is 5.56 Å². The summed E-state index contributed by atoms with van der Waals surface area (Å²) in [7, 11) is 0. The van der Waals surface area contributed by atoms with Crippen LogP contribution >= 0.6 is 0 Å². The summed E-state index contributed by atoms with van der Waals surface area (Å²) in [5, 5.41) is 25.5. The summed E-state index contributed by atoms with van der Waals surface area (Å²) < 4.78 is 0. The first-order valence-corrected chi connectivity index (χ1v) is 11.0. The highest BCUT2D eigenvalue weighted by Crippen LogP contribution is 2.06. The number of nitrogens with one attached hydrogen (secondary N) is 7. The van der Waals surface area contributed by atoms with E-state index < -0.39 is 0 Å². The maximum atomic E-state index is 6.66. The quantitative estimate of drug-likeness (QED) is 0.286. The molecule has 1 aromatic carbocycles. The average molecular weight is 405 g/mol. The smallest absolute Gasteiger partial charge is 0.0561 e. The molecule has 0 amide bonds. The lowest BCUT2D eigenvalue weighted by molar-refractivity contribution is 0.269. The zero-order chi connectivity index (χ0) is 20.3. The van der Waals surface area contributed by atoms with Crippen molar-refractivity contribution < 1.29 is 0 Å². The highest BCUT2D eigenvalue weighted by Gasteiger charge is 2.30. The summed E-state index contributed by atoms with van der Waals surface area (Å²) in [5.41, 5.74) is 7.62. The van der Waals surface area contributed by atoms with Gasteiger partial charge in [0.2, 0.25) is 0 Å². The highest BCUT2D eigenvalue weighted by atomic mass is 15.1. The van der Waals surface area contributed by atoms with E-state index in [2.05, 4.69) is 67.5 Å². The van der Waals surface area contributed by atoms with Gasteiger partial charge in [-0.15, -0.1) is 0 Å². The molecular weight excluding hydrogens is 364 g/mol. The van der Waals surface area contributed by atoms with Crippen molar-refractivity contribution in [3.63, 3.8) is 0 Å². The van der Waals surface area contributed by atoms with Gasteiger partial charge in [0.15, 0.2) is 0 Å². The number of benzene rings is 1. The van der Waals surface area contributed by atoms with Crippen LogP contribution in [0.2, 0.25) is 0 Å². The van der Waals surface area contributed by atoms with Crippen molar-refractivity contribution in [2.75, 3.05) is 78.5 Å². The van der Waals surface area contributed by atoms with Crippen LogP contribution in [-0.4, -0.2) is 89.6 Å². The van der Waals surface area contributed by atoms with Gasteiger partial charge in [0, 0.05) is 85.1 Å². The standard InChI is InChI=1S/C21H40N8/c22-20-13-23-6-9-26-16-21(17-27-10-7-24-14-20,18-28-11-8-25-15-20)29-12-19-4-2-1-3-5-19/h1-5,23-29H,6-18,22H2. The Kier molecular flexibility index (Phi) is 9.29. The van der Waals surface area contributed by atoms with Crippen LogP contribution in [0, 0.1) is 0 Å². The lowest BCUT2D eigenvalue weighted by Crippen LogP contribution is -2.66. The molecule has 164 valence electrons. The Morgan fingerprint density at radius 3 is 1.52 bits per heavy atom. The average Bonchev–Trinajstić information content (AvgIpc) is 2.74. The van der Waals surface area contributed by atoms with E-state index in [-0.39, 0.29) is 11.1 Å². The summed E-state index contributed by atoms with van der Waals surface area (Å²) >= 11 is 0. The molecule has 3 fully saturated rings. The molecule has 3 heterocycles. The largest absolute Gasteiger partial charge is 0.322 e. The molecule has 0 aliphatic carbocycles. The number of hydrogen-bond donors (Lipinski definition) is 8. The van der Waals surface area contributed by atoms with Crippen molar-refractivity contribution in [2.24, 2.45) is 5.73 Å². The fourth-order valence-corrected chi connectivity index (χ4v) is 3.97. The third kappa shape index (κ3) is 7.92. The van der Waals surface area contributed by atoms with Gasteiger partial charge in [-0.25, -0.2) is 0 Å². The molecule has 0 saturated carbocycles. The zero-order valence-corrected chi connectivity index (χ0v) is 17.7. The predicted octanol–water partition coefficient (Wildman–Crippen LogP) is -2.22. The summed E-state index contributed by atoms with van der Waals surface area (Å²) in [5.74, 6) is 0. The molecule has 0 spiro atoms. The van der Waals surface area contributed by atoms with E-state index in [9.17, 15) is 0 Å². The van der Waals surface area contributed by atoms with Crippen LogP contribution in [0.3, 0.4) is 0 Å². The highest BCUT2D eigenvalue weighted by molar-refractivity contribution is 5.15. The molecule has 9 N–H and O–H groups in total. The van der Waals surface area contributed by atoms with Gasteiger partial charge in [0.05, 0.1) is 11.1 Å². The second-order valence-corrected chi connectivity index (χ2v) is 8.54. The number of nitrogens with two attached hydrogens (primary N) is 1. The Morgan fingerprint density at radius 1 is 0.655 bits per heavy atom. The first kappa shape index (κ1) is 22.6. The van der Waals surface area contributed by atoms with E-state index in [1.807, 2.05) is 0 Å². The maximum Gasteiger partial charge on any atom is 0.0561 e. The number of fused-ring (bicyclic) bond motifs is 15. The molecule has 3 aliphatic rings. The van der Waals surface area contributed by atoms with Crippen molar-refractivity contribution in [3.8, 4) is 0 Å². The molecular formula is C21H40N8. The fourth-order valence-electron chi connectivity index (χ4n) is 3.97. The van der Waals surface area contributed by atoms with Gasteiger partial charge in [-0.2, -0.15) is 0 Å². The van der Waals surface area contributed by atoms with Gasteiger partial charge in [0.1, 0.15) is 0 Å². The summed E-state index contributed by atoms with van der Waals surface area (Å²) in [6, 6.07) is 10.6. The Labute approximate surface area is 175 Å². The fraction of sp³-hybridized carbons (Fsp3) is 0.714. The number of rotatable bonds is 3. The molecule has 0 radical (unpaired) electrons. The third-order valence-corrected chi connectivity index (χ3v) is 5.77. The lowest BCUT2D eigenvalue weighted by Gasteiger charge is -2.37. The second-order valence-electron chi connectivity index (χ2n) is 8.54. The molecule has 0 aromatic heterocycles. The molecule has 0 atom stereocenters. The number of hydrogen-bond acceptors (Lipinski definition) is 8. The van der Waals surface area contributed by atoms with Crippen LogP contribution in [-0.2, 0) is 6.54 Å². The third-order valence-electron chi connectivity index (χ3n) is 5.77. The van der Waals surface area contributed by atoms with Crippen LogP contribution in [0.5, 0.6) is 0 Å². The molecule has 4 rings (SSSR count). The summed E-state index contributed by atoms with van der Waals surface area (Å²) in [4.78, 5) is 0. The molecule has 2 bridgehead atoms. The van der Waals surface area contributed by atoms with Crippen molar-refractivity contribution >= 4 is 0 Å². The van der Waals surface area contributed by atoms with Crippen LogP contribution in [0.4, 0.5) is 0 Å². The van der Waals surface area contributed by atoms with Gasteiger partial charge in [-0.1, -0.05) is 30.3 Å². The van der Waals surface area contributed by atoms with Crippen molar-refractivity contribution in [1.29, 1.82) is 0 Å². The monoisotopic (exact) mass is 404 g/mol. The minimum Gasteiger partial charge on any atom is -0.322 e. The van der Waals surface area contributed by atoms with Gasteiger partial charge in [-0.05, 0) is 5.56 Å². The van der Waals surface area contributed by atoms with Gasteiger partial charge in [-0.3, -0.25) is 0 Å². The topological polar surface area (TPSA) is 110 Å². The van der Waals surface area contributed by atoms with Crippen LogP contribution in [0.1, 0.15) is 5.56 Å². The van der Waals surface area contributed by atoms with Crippen LogP contribution in [0.25, 0.3) is 0 Å². The predicted molar refractivity (Wildman–Crippen MR) is 120 cm³/mol. The molecule has 0 unspecified atom stereocenters. The summed E-state index contributed by atoms with van der Waals surface area (Å²) in [6.07, 6.45) is 0. The van der Waals surface area contributed by atoms with Crippen LogP contribution in [0.15, 0.2) is 30.3 Å². The van der Waals surface area contributed by atoms with E-state index >= 15 is 0 Å². The van der Waals surface area contributed by atoms with Crippen molar-refractivity contribution in [3.05, 3.63) is 35.9 Å². The second kappa shape index (κ2) is 11.9. The Bertz CT molecular complexity index is 524. The van der Waals surface area contributed by atoms with Gasteiger partial charge >= 0.3 is 0 Å². The van der Waals surface area contributed by atoms with E-state index in [0.717, 1.165) is 85.1 Å². The molecule has 3 saturated heterocycles. The van der Waals surface area contributed by atoms with E-state index in [4.69, 9.17) is 5.73 Å². The van der Waals surface area contributed by atoms with Gasteiger partial charge in [0.25, 0.3) is 0 Å². The Balaban J connectivity index is 1.70. The molecule has 3 aliphatic heterocycles. The minimum atomic E-state index is -0.283. The Hall–Kier alpha value is -1.10. The normalized spacial score (nSPS) is 31.1. The maximum absolute atomic E-state index is 6.66. The molecule has 8 nitrogen and oxygen atoms in total. The lowest BCUT2D eigenvalue weighted by atomic mass is 9.97. The van der Waals surface area contributed by atoms with E-state index in [0.29, 0.717) is 0 Å². The molecule has 8 heteroatoms. The summed E-state index contributed by atoms with van der Waals surface area (Å²) in [6.45, 7) is 11.5. The van der Waals surface area contributed by atoms with E-state index in [1.54, 1.807) is 0 Å². The SMILES string of the molecule is NC12CNCCNCC(NCc3ccccc3)(CNCCNC1)CNCCNC2. The Morgan fingerprint density at radius 2 is 1.07 bits per heavy atom. The van der Waals surface area contributed by atoms with Crippen LogP contribution < -0.4 is 43.0 Å². The minimum absolute atomic E-state index is 0.0678. The first-order chi connectivity index (χ1) is 14.2. The molecule has 29 heavy (non-hydrogen) atoms. The molecule has 1 aromatic rings. The van der Waals surface area contributed by atoms with Crippen molar-refractivity contribution in [1.82, 2.24) is 37.2 Å². The zero-order valence-electron chi connectivity index (χ0n) is 17.7. The van der Waals surface area contributed by atoms with Gasteiger partial charge < -0.3 is 43.0 Å². The van der Waals surface area contributed by atoms with Crippen molar-refractivity contribution in [2.45, 2.75) is 17.6 Å².